The Hall–Kier alpha value is -0.610. The molecule has 0 aromatic rings. The Bertz CT molecular complexity index is 352. The van der Waals surface area contributed by atoms with Gasteiger partial charge < -0.3 is 14.6 Å². The van der Waals surface area contributed by atoms with Crippen molar-refractivity contribution in [2.75, 3.05) is 7.11 Å². The molecular weight excluding hydrogens is 244 g/mol. The molecule has 2 saturated carbocycles. The van der Waals surface area contributed by atoms with E-state index >= 15 is 0 Å². The second-order valence-corrected chi connectivity index (χ2v) is 6.33. The third kappa shape index (κ3) is 2.09. The Balaban J connectivity index is 1.35. The first-order chi connectivity index (χ1) is 9.20. The third-order valence-corrected chi connectivity index (χ3v) is 5.55. The number of ether oxygens (including phenoxy) is 2. The standard InChI is InChI=1S/C15H24O4/c1-18-12(16)6-4-2-3-5-9-15-10-7-8-11(15)19-14(17)13(10)15/h10-11,13-14,17H,2-9H2,1H3/t10-,11-,13-,14+,15+/m1/s1. The van der Waals surface area contributed by atoms with Crippen LogP contribution in [-0.2, 0) is 14.3 Å². The van der Waals surface area contributed by atoms with Gasteiger partial charge in [-0.05, 0) is 31.6 Å². The number of methoxy groups -OCH3 is 1. The van der Waals surface area contributed by atoms with Crippen LogP contribution in [0.1, 0.15) is 51.4 Å². The van der Waals surface area contributed by atoms with Gasteiger partial charge in [0.05, 0.1) is 13.2 Å². The summed E-state index contributed by atoms with van der Waals surface area (Å²) in [5, 5.41) is 9.84. The van der Waals surface area contributed by atoms with Crippen molar-refractivity contribution < 1.29 is 19.4 Å². The SMILES string of the molecule is COC(=O)CCCCCC[C@]12[C@@H]3[C@H]1CC[C@H]2O[C@@H]3O. The van der Waals surface area contributed by atoms with Crippen molar-refractivity contribution in [2.24, 2.45) is 17.3 Å². The number of rotatable bonds is 7. The summed E-state index contributed by atoms with van der Waals surface area (Å²) >= 11 is 0. The second-order valence-electron chi connectivity index (χ2n) is 6.33. The molecule has 1 aliphatic heterocycles. The molecule has 3 fully saturated rings. The molecule has 0 radical (unpaired) electrons. The summed E-state index contributed by atoms with van der Waals surface area (Å²) in [6.07, 6.45) is 8.34. The predicted molar refractivity (Wildman–Crippen MR) is 69.2 cm³/mol. The quantitative estimate of drug-likeness (QED) is 0.568. The van der Waals surface area contributed by atoms with Crippen LogP contribution in [0.3, 0.4) is 0 Å². The Kier molecular flexibility index (Phi) is 3.56. The van der Waals surface area contributed by atoms with E-state index in [4.69, 9.17) is 4.74 Å². The molecule has 1 heterocycles. The molecule has 5 atom stereocenters. The van der Waals surface area contributed by atoms with Gasteiger partial charge in [-0.1, -0.05) is 19.3 Å². The van der Waals surface area contributed by atoms with Crippen molar-refractivity contribution >= 4 is 5.97 Å². The fourth-order valence-electron chi connectivity index (χ4n) is 4.66. The first-order valence-corrected chi connectivity index (χ1v) is 7.60. The van der Waals surface area contributed by atoms with E-state index in [1.807, 2.05) is 0 Å². The van der Waals surface area contributed by atoms with Gasteiger partial charge >= 0.3 is 5.97 Å². The molecule has 108 valence electrons. The lowest BCUT2D eigenvalue weighted by atomic mass is 9.91. The number of aliphatic hydroxyl groups is 1. The zero-order valence-corrected chi connectivity index (χ0v) is 11.6. The fourth-order valence-corrected chi connectivity index (χ4v) is 4.66. The van der Waals surface area contributed by atoms with Gasteiger partial charge in [-0.15, -0.1) is 0 Å². The van der Waals surface area contributed by atoms with Crippen molar-refractivity contribution in [3.05, 3.63) is 0 Å². The number of carbonyl (C=O) groups excluding carboxylic acids is 1. The number of aliphatic hydroxyl groups excluding tert-OH is 1. The minimum atomic E-state index is -0.489. The highest BCUT2D eigenvalue weighted by molar-refractivity contribution is 5.68. The average molecular weight is 268 g/mol. The number of unbranched alkanes of at least 4 members (excludes halogenated alkanes) is 3. The van der Waals surface area contributed by atoms with E-state index in [0.717, 1.165) is 25.2 Å². The summed E-state index contributed by atoms with van der Waals surface area (Å²) in [6, 6.07) is 0. The molecule has 1 N–H and O–H groups in total. The average Bonchev–Trinajstić information content (AvgIpc) is 2.89. The highest BCUT2D eigenvalue weighted by atomic mass is 16.6. The van der Waals surface area contributed by atoms with Crippen LogP contribution in [0.15, 0.2) is 0 Å². The van der Waals surface area contributed by atoms with E-state index < -0.39 is 6.29 Å². The summed E-state index contributed by atoms with van der Waals surface area (Å²) in [5.41, 5.74) is 0.335. The van der Waals surface area contributed by atoms with Crippen LogP contribution < -0.4 is 0 Å². The van der Waals surface area contributed by atoms with Crippen LogP contribution in [0.2, 0.25) is 0 Å². The Morgan fingerprint density at radius 1 is 1.32 bits per heavy atom. The summed E-state index contributed by atoms with van der Waals surface area (Å²) in [7, 11) is 1.44. The van der Waals surface area contributed by atoms with E-state index in [-0.39, 0.29) is 5.97 Å². The Labute approximate surface area is 114 Å². The van der Waals surface area contributed by atoms with Gasteiger partial charge in [-0.25, -0.2) is 0 Å². The van der Waals surface area contributed by atoms with Gasteiger partial charge in [0.2, 0.25) is 0 Å². The predicted octanol–water partition coefficient (Wildman–Crippen LogP) is 2.24. The molecule has 2 aliphatic carbocycles. The van der Waals surface area contributed by atoms with Gasteiger partial charge in [0.25, 0.3) is 0 Å². The van der Waals surface area contributed by atoms with Crippen molar-refractivity contribution in [2.45, 2.75) is 63.8 Å². The van der Waals surface area contributed by atoms with Crippen molar-refractivity contribution in [1.29, 1.82) is 0 Å². The van der Waals surface area contributed by atoms with Crippen LogP contribution in [-0.4, -0.2) is 30.6 Å². The molecule has 0 aromatic heterocycles. The minimum absolute atomic E-state index is 0.105. The lowest BCUT2D eigenvalue weighted by Gasteiger charge is -2.18. The Morgan fingerprint density at radius 2 is 2.11 bits per heavy atom. The molecule has 3 rings (SSSR count). The van der Waals surface area contributed by atoms with E-state index in [2.05, 4.69) is 4.74 Å². The smallest absolute Gasteiger partial charge is 0.305 e. The van der Waals surface area contributed by atoms with Crippen LogP contribution in [0.25, 0.3) is 0 Å². The van der Waals surface area contributed by atoms with Gasteiger partial charge in [-0.2, -0.15) is 0 Å². The van der Waals surface area contributed by atoms with Crippen LogP contribution >= 0.6 is 0 Å². The van der Waals surface area contributed by atoms with Crippen molar-refractivity contribution in [1.82, 2.24) is 0 Å². The normalized spacial score (nSPS) is 42.2. The van der Waals surface area contributed by atoms with E-state index in [1.165, 1.54) is 32.8 Å². The first-order valence-electron chi connectivity index (χ1n) is 7.60. The number of fused-ring (bicyclic) bond motifs is 1. The monoisotopic (exact) mass is 268 g/mol. The lowest BCUT2D eigenvalue weighted by Crippen LogP contribution is -2.19. The maximum absolute atomic E-state index is 11.0. The van der Waals surface area contributed by atoms with E-state index in [0.29, 0.717) is 23.9 Å². The highest BCUT2D eigenvalue weighted by Crippen LogP contribution is 2.76. The van der Waals surface area contributed by atoms with Crippen molar-refractivity contribution in [3.8, 4) is 0 Å². The number of hydrogen-bond donors (Lipinski definition) is 1. The molecule has 4 heteroatoms. The van der Waals surface area contributed by atoms with Gasteiger partial charge in [0.15, 0.2) is 6.29 Å². The molecule has 3 aliphatic rings. The van der Waals surface area contributed by atoms with Crippen molar-refractivity contribution in [3.63, 3.8) is 0 Å². The second kappa shape index (κ2) is 5.06. The molecule has 0 amide bonds. The zero-order chi connectivity index (χ0) is 13.5. The van der Waals surface area contributed by atoms with Crippen LogP contribution in [0, 0.1) is 17.3 Å². The molecule has 0 unspecified atom stereocenters. The number of carbonyl (C=O) groups is 1. The Morgan fingerprint density at radius 3 is 2.79 bits per heavy atom. The van der Waals surface area contributed by atoms with Gasteiger partial charge in [-0.3, -0.25) is 4.79 Å². The molecular formula is C15H24O4. The summed E-state index contributed by atoms with van der Waals surface area (Å²) in [6.45, 7) is 0. The van der Waals surface area contributed by atoms with Gasteiger partial charge in [0, 0.05) is 17.8 Å². The minimum Gasteiger partial charge on any atom is -0.469 e. The van der Waals surface area contributed by atoms with E-state index in [9.17, 15) is 9.90 Å². The summed E-state index contributed by atoms with van der Waals surface area (Å²) in [5.74, 6) is 1.06. The number of esters is 1. The fraction of sp³-hybridized carbons (Fsp3) is 0.933. The largest absolute Gasteiger partial charge is 0.469 e. The summed E-state index contributed by atoms with van der Waals surface area (Å²) < 4.78 is 10.3. The molecule has 0 spiro atoms. The summed E-state index contributed by atoms with van der Waals surface area (Å²) in [4.78, 5) is 11.0. The van der Waals surface area contributed by atoms with Crippen LogP contribution in [0.4, 0.5) is 0 Å². The maximum atomic E-state index is 11.0. The number of hydrogen-bond acceptors (Lipinski definition) is 4. The first kappa shape index (κ1) is 13.4. The van der Waals surface area contributed by atoms with Gasteiger partial charge in [0.1, 0.15) is 0 Å². The lowest BCUT2D eigenvalue weighted by molar-refractivity contribution is -0.140. The topological polar surface area (TPSA) is 55.8 Å². The third-order valence-electron chi connectivity index (χ3n) is 5.55. The van der Waals surface area contributed by atoms with E-state index in [1.54, 1.807) is 0 Å². The molecule has 19 heavy (non-hydrogen) atoms. The molecule has 0 bridgehead atoms. The zero-order valence-electron chi connectivity index (χ0n) is 11.6. The highest BCUT2D eigenvalue weighted by Gasteiger charge is 2.77. The van der Waals surface area contributed by atoms with Crippen LogP contribution in [0.5, 0.6) is 0 Å². The molecule has 4 nitrogen and oxygen atoms in total. The maximum Gasteiger partial charge on any atom is 0.305 e. The molecule has 1 saturated heterocycles. The molecule has 0 aromatic carbocycles.